The van der Waals surface area contributed by atoms with Gasteiger partial charge in [-0.3, -0.25) is 4.68 Å². The molecule has 0 saturated heterocycles. The van der Waals surface area contributed by atoms with Gasteiger partial charge in [-0.2, -0.15) is 5.10 Å². The normalized spacial score (nSPS) is 10.6. The van der Waals surface area contributed by atoms with Crippen molar-refractivity contribution in [2.75, 3.05) is 11.5 Å². The summed E-state index contributed by atoms with van der Waals surface area (Å²) in [6, 6.07) is 5.28. The van der Waals surface area contributed by atoms with E-state index in [0.717, 1.165) is 17.9 Å². The Hall–Kier alpha value is -2.24. The fraction of sp³-hybridized carbons (Fsp3) is 0.333. The molecule has 0 aliphatic rings. The Morgan fingerprint density at radius 1 is 1.22 bits per heavy atom. The highest BCUT2D eigenvalue weighted by molar-refractivity contribution is 5.46. The maximum atomic E-state index is 5.59. The van der Waals surface area contributed by atoms with E-state index in [0.29, 0.717) is 24.0 Å². The van der Waals surface area contributed by atoms with Gasteiger partial charge >= 0.3 is 0 Å². The number of aromatic nitrogens is 3. The number of anilines is 2. The molecule has 18 heavy (non-hydrogen) atoms. The molecule has 0 spiro atoms. The van der Waals surface area contributed by atoms with Crippen molar-refractivity contribution in [3.05, 3.63) is 29.6 Å². The van der Waals surface area contributed by atoms with Gasteiger partial charge in [0.05, 0.1) is 0 Å². The first-order chi connectivity index (χ1) is 8.58. The minimum Gasteiger partial charge on any atom is -0.487 e. The van der Waals surface area contributed by atoms with Gasteiger partial charge < -0.3 is 16.2 Å². The highest BCUT2D eigenvalue weighted by Gasteiger charge is 2.05. The van der Waals surface area contributed by atoms with Crippen LogP contribution in [0.1, 0.15) is 18.3 Å². The zero-order chi connectivity index (χ0) is 13.1. The molecular weight excluding hydrogens is 230 g/mol. The molecule has 0 bridgehead atoms. The highest BCUT2D eigenvalue weighted by atomic mass is 16.5. The molecule has 0 unspecified atom stereocenters. The molecule has 0 saturated carbocycles. The zero-order valence-electron chi connectivity index (χ0n) is 10.6. The Morgan fingerprint density at radius 2 is 1.89 bits per heavy atom. The molecule has 2 aromatic heterocycles. The number of nitrogen functional groups attached to an aromatic ring is 2. The van der Waals surface area contributed by atoms with Crippen LogP contribution in [-0.2, 0) is 13.2 Å². The van der Waals surface area contributed by atoms with Gasteiger partial charge in [0.2, 0.25) is 0 Å². The van der Waals surface area contributed by atoms with Crippen molar-refractivity contribution in [1.82, 2.24) is 14.8 Å². The maximum Gasteiger partial charge on any atom is 0.132 e. The standard InChI is InChI=1S/C12H17N5O/c1-3-17-8(2)4-9(16-17)7-18-10-5-11(13)15-12(14)6-10/h4-6H,3,7H2,1-2H3,(H4,13,14,15). The van der Waals surface area contributed by atoms with Gasteiger partial charge in [0, 0.05) is 24.4 Å². The molecule has 0 fully saturated rings. The predicted octanol–water partition coefficient (Wildman–Crippen LogP) is 1.35. The SMILES string of the molecule is CCn1nc(COc2cc(N)nc(N)c2)cc1C. The molecule has 0 aromatic carbocycles. The average molecular weight is 247 g/mol. The first kappa shape index (κ1) is 12.2. The monoisotopic (exact) mass is 247 g/mol. The molecule has 6 nitrogen and oxygen atoms in total. The van der Waals surface area contributed by atoms with Crippen molar-refractivity contribution in [3.63, 3.8) is 0 Å². The number of hydrogen-bond acceptors (Lipinski definition) is 5. The molecular formula is C12H17N5O. The van der Waals surface area contributed by atoms with Gasteiger partial charge in [-0.1, -0.05) is 0 Å². The molecule has 0 aliphatic heterocycles. The second-order valence-electron chi connectivity index (χ2n) is 4.03. The van der Waals surface area contributed by atoms with Crippen LogP contribution in [-0.4, -0.2) is 14.8 Å². The largest absolute Gasteiger partial charge is 0.487 e. The number of rotatable bonds is 4. The summed E-state index contributed by atoms with van der Waals surface area (Å²) < 4.78 is 7.52. The Kier molecular flexibility index (Phi) is 3.36. The van der Waals surface area contributed by atoms with Gasteiger partial charge in [0.1, 0.15) is 29.7 Å². The van der Waals surface area contributed by atoms with Crippen LogP contribution in [0.3, 0.4) is 0 Å². The Bertz CT molecular complexity index is 529. The van der Waals surface area contributed by atoms with Gasteiger partial charge in [0.25, 0.3) is 0 Å². The van der Waals surface area contributed by atoms with Crippen molar-refractivity contribution in [3.8, 4) is 5.75 Å². The molecule has 2 heterocycles. The van der Waals surface area contributed by atoms with E-state index >= 15 is 0 Å². The molecule has 0 atom stereocenters. The van der Waals surface area contributed by atoms with Crippen LogP contribution in [0, 0.1) is 6.92 Å². The molecule has 0 aliphatic carbocycles. The number of ether oxygens (including phenoxy) is 1. The summed E-state index contributed by atoms with van der Waals surface area (Å²) in [4.78, 5) is 3.88. The lowest BCUT2D eigenvalue weighted by molar-refractivity contribution is 0.299. The van der Waals surface area contributed by atoms with E-state index in [1.807, 2.05) is 17.7 Å². The summed E-state index contributed by atoms with van der Waals surface area (Å²) in [7, 11) is 0. The van der Waals surface area contributed by atoms with E-state index in [-0.39, 0.29) is 0 Å². The average Bonchev–Trinajstić information content (AvgIpc) is 2.66. The van der Waals surface area contributed by atoms with Crippen molar-refractivity contribution in [2.45, 2.75) is 27.0 Å². The first-order valence-electron chi connectivity index (χ1n) is 5.77. The smallest absolute Gasteiger partial charge is 0.132 e. The fourth-order valence-electron chi connectivity index (χ4n) is 1.76. The van der Waals surface area contributed by atoms with E-state index in [4.69, 9.17) is 16.2 Å². The summed E-state index contributed by atoms with van der Waals surface area (Å²) >= 11 is 0. The van der Waals surface area contributed by atoms with Crippen LogP contribution in [0.4, 0.5) is 11.6 Å². The first-order valence-corrected chi connectivity index (χ1v) is 5.77. The molecule has 0 amide bonds. The lowest BCUT2D eigenvalue weighted by Crippen LogP contribution is -2.02. The number of pyridine rings is 1. The second-order valence-corrected chi connectivity index (χ2v) is 4.03. The molecule has 0 radical (unpaired) electrons. The Balaban J connectivity index is 2.06. The van der Waals surface area contributed by atoms with Gasteiger partial charge in [-0.15, -0.1) is 0 Å². The number of nitrogens with zero attached hydrogens (tertiary/aromatic N) is 3. The fourth-order valence-corrected chi connectivity index (χ4v) is 1.76. The van der Waals surface area contributed by atoms with Crippen LogP contribution in [0.2, 0.25) is 0 Å². The van der Waals surface area contributed by atoms with E-state index in [2.05, 4.69) is 17.0 Å². The zero-order valence-corrected chi connectivity index (χ0v) is 10.6. The molecule has 96 valence electrons. The number of hydrogen-bond donors (Lipinski definition) is 2. The highest BCUT2D eigenvalue weighted by Crippen LogP contribution is 2.18. The summed E-state index contributed by atoms with van der Waals surface area (Å²) in [5.41, 5.74) is 13.2. The third-order valence-electron chi connectivity index (χ3n) is 2.56. The van der Waals surface area contributed by atoms with Crippen LogP contribution in [0.15, 0.2) is 18.2 Å². The molecule has 6 heteroatoms. The minimum atomic E-state index is 0.347. The summed E-state index contributed by atoms with van der Waals surface area (Å²) in [6.07, 6.45) is 0. The van der Waals surface area contributed by atoms with Crippen LogP contribution >= 0.6 is 0 Å². The Labute approximate surface area is 106 Å². The maximum absolute atomic E-state index is 5.59. The number of aryl methyl sites for hydroxylation is 2. The molecule has 2 rings (SSSR count). The van der Waals surface area contributed by atoms with Gasteiger partial charge in [0.15, 0.2) is 0 Å². The Morgan fingerprint density at radius 3 is 2.44 bits per heavy atom. The van der Waals surface area contributed by atoms with Gasteiger partial charge in [-0.25, -0.2) is 4.98 Å². The second kappa shape index (κ2) is 4.95. The van der Waals surface area contributed by atoms with Crippen molar-refractivity contribution < 1.29 is 4.74 Å². The van der Waals surface area contributed by atoms with E-state index in [9.17, 15) is 0 Å². The van der Waals surface area contributed by atoms with Crippen LogP contribution in [0.5, 0.6) is 5.75 Å². The lowest BCUT2D eigenvalue weighted by Gasteiger charge is -2.05. The summed E-state index contributed by atoms with van der Waals surface area (Å²) in [5.74, 6) is 1.30. The minimum absolute atomic E-state index is 0.347. The van der Waals surface area contributed by atoms with E-state index < -0.39 is 0 Å². The molecule has 2 aromatic rings. The predicted molar refractivity (Wildman–Crippen MR) is 70.0 cm³/mol. The lowest BCUT2D eigenvalue weighted by atomic mass is 10.3. The topological polar surface area (TPSA) is 92.0 Å². The van der Waals surface area contributed by atoms with Crippen LogP contribution in [0.25, 0.3) is 0 Å². The third-order valence-corrected chi connectivity index (χ3v) is 2.56. The van der Waals surface area contributed by atoms with Crippen LogP contribution < -0.4 is 16.2 Å². The third kappa shape index (κ3) is 2.71. The summed E-state index contributed by atoms with van der Waals surface area (Å²) in [6.45, 7) is 5.30. The van der Waals surface area contributed by atoms with Crippen molar-refractivity contribution >= 4 is 11.6 Å². The van der Waals surface area contributed by atoms with E-state index in [1.165, 1.54) is 0 Å². The quantitative estimate of drug-likeness (QED) is 0.850. The molecule has 4 N–H and O–H groups in total. The van der Waals surface area contributed by atoms with E-state index in [1.54, 1.807) is 12.1 Å². The summed E-state index contributed by atoms with van der Waals surface area (Å²) in [5, 5.41) is 4.40. The van der Waals surface area contributed by atoms with Crippen molar-refractivity contribution in [2.24, 2.45) is 0 Å². The number of nitrogens with two attached hydrogens (primary N) is 2. The van der Waals surface area contributed by atoms with Gasteiger partial charge in [-0.05, 0) is 19.9 Å². The van der Waals surface area contributed by atoms with Crippen molar-refractivity contribution in [1.29, 1.82) is 0 Å².